The standard InChI is InChI=1S/C18H26N2/c1-2-5-16-13-20(11-9-14(16)4-1)17-8-7-15-6-3-10-19-18(15)12-17/h7-8,12,14,16,19H,1-6,9-11,13H2. The van der Waals surface area contributed by atoms with Crippen molar-refractivity contribution >= 4 is 11.4 Å². The molecule has 1 saturated heterocycles. The van der Waals surface area contributed by atoms with Crippen LogP contribution in [-0.2, 0) is 6.42 Å². The van der Waals surface area contributed by atoms with Crippen LogP contribution in [0.25, 0.3) is 0 Å². The third-order valence-corrected chi connectivity index (χ3v) is 5.69. The number of hydrogen-bond acceptors (Lipinski definition) is 2. The molecule has 1 saturated carbocycles. The van der Waals surface area contributed by atoms with Crippen LogP contribution in [0.15, 0.2) is 18.2 Å². The second-order valence-electron chi connectivity index (χ2n) is 6.91. The Balaban J connectivity index is 1.52. The van der Waals surface area contributed by atoms with E-state index in [1.165, 1.54) is 75.0 Å². The molecule has 2 unspecified atom stereocenters. The Morgan fingerprint density at radius 2 is 1.90 bits per heavy atom. The van der Waals surface area contributed by atoms with Gasteiger partial charge in [0.25, 0.3) is 0 Å². The van der Waals surface area contributed by atoms with E-state index >= 15 is 0 Å². The van der Waals surface area contributed by atoms with Crippen molar-refractivity contribution in [2.45, 2.75) is 44.9 Å². The zero-order valence-electron chi connectivity index (χ0n) is 12.4. The summed E-state index contributed by atoms with van der Waals surface area (Å²) >= 11 is 0. The van der Waals surface area contributed by atoms with Crippen molar-refractivity contribution in [3.63, 3.8) is 0 Å². The van der Waals surface area contributed by atoms with Gasteiger partial charge in [0.1, 0.15) is 0 Å². The summed E-state index contributed by atoms with van der Waals surface area (Å²) in [5.41, 5.74) is 4.34. The number of hydrogen-bond donors (Lipinski definition) is 1. The number of piperidine rings is 1. The molecular weight excluding hydrogens is 244 g/mol. The zero-order valence-corrected chi connectivity index (χ0v) is 12.4. The van der Waals surface area contributed by atoms with Crippen LogP contribution in [0.4, 0.5) is 11.4 Å². The summed E-state index contributed by atoms with van der Waals surface area (Å²) in [5.74, 6) is 1.98. The van der Waals surface area contributed by atoms with E-state index in [0.29, 0.717) is 0 Å². The highest BCUT2D eigenvalue weighted by Gasteiger charge is 2.31. The Kier molecular flexibility index (Phi) is 3.33. The van der Waals surface area contributed by atoms with E-state index in [1.807, 2.05) is 0 Å². The summed E-state index contributed by atoms with van der Waals surface area (Å²) in [6, 6.07) is 7.11. The van der Waals surface area contributed by atoms with Gasteiger partial charge in [-0.2, -0.15) is 0 Å². The number of nitrogens with zero attached hydrogens (tertiary/aromatic N) is 1. The Morgan fingerprint density at radius 3 is 2.85 bits per heavy atom. The van der Waals surface area contributed by atoms with Crippen LogP contribution in [0, 0.1) is 11.8 Å². The normalized spacial score (nSPS) is 29.3. The topological polar surface area (TPSA) is 15.3 Å². The molecule has 1 aromatic rings. The van der Waals surface area contributed by atoms with Gasteiger partial charge in [-0.1, -0.05) is 25.3 Å². The molecule has 3 aliphatic rings. The van der Waals surface area contributed by atoms with Gasteiger partial charge in [0, 0.05) is 31.0 Å². The third kappa shape index (κ3) is 2.30. The molecule has 1 aliphatic carbocycles. The number of rotatable bonds is 1. The highest BCUT2D eigenvalue weighted by atomic mass is 15.1. The van der Waals surface area contributed by atoms with Crippen LogP contribution >= 0.6 is 0 Å². The van der Waals surface area contributed by atoms with E-state index in [2.05, 4.69) is 28.4 Å². The molecule has 2 atom stereocenters. The molecule has 0 bridgehead atoms. The number of anilines is 2. The van der Waals surface area contributed by atoms with Crippen LogP contribution in [0.1, 0.15) is 44.1 Å². The maximum atomic E-state index is 3.57. The molecule has 4 rings (SSSR count). The second kappa shape index (κ2) is 5.31. The molecule has 0 amide bonds. The van der Waals surface area contributed by atoms with Gasteiger partial charge in [-0.15, -0.1) is 0 Å². The van der Waals surface area contributed by atoms with Crippen molar-refractivity contribution in [3.05, 3.63) is 23.8 Å². The lowest BCUT2D eigenvalue weighted by molar-refractivity contribution is 0.202. The van der Waals surface area contributed by atoms with Gasteiger partial charge in [0.2, 0.25) is 0 Å². The SMILES string of the molecule is c1cc2c(cc1N1CCC3CCCCC3C1)NCCC2. The van der Waals surface area contributed by atoms with E-state index in [9.17, 15) is 0 Å². The van der Waals surface area contributed by atoms with E-state index in [4.69, 9.17) is 0 Å². The van der Waals surface area contributed by atoms with E-state index in [0.717, 1.165) is 18.4 Å². The smallest absolute Gasteiger partial charge is 0.0393 e. The Bertz CT molecular complexity index is 482. The van der Waals surface area contributed by atoms with Gasteiger partial charge >= 0.3 is 0 Å². The number of benzene rings is 1. The molecule has 108 valence electrons. The van der Waals surface area contributed by atoms with Crippen LogP contribution < -0.4 is 10.2 Å². The summed E-state index contributed by atoms with van der Waals surface area (Å²) in [4.78, 5) is 2.64. The predicted octanol–water partition coefficient (Wildman–Crippen LogP) is 4.06. The van der Waals surface area contributed by atoms with Crippen LogP contribution in [0.2, 0.25) is 0 Å². The fraction of sp³-hybridized carbons (Fsp3) is 0.667. The first-order valence-corrected chi connectivity index (χ1v) is 8.52. The fourth-order valence-electron chi connectivity index (χ4n) is 4.48. The van der Waals surface area contributed by atoms with Gasteiger partial charge in [-0.05, 0) is 55.2 Å². The molecule has 1 aromatic carbocycles. The molecule has 2 nitrogen and oxygen atoms in total. The molecule has 0 spiro atoms. The minimum Gasteiger partial charge on any atom is -0.385 e. The zero-order chi connectivity index (χ0) is 13.4. The van der Waals surface area contributed by atoms with Gasteiger partial charge in [-0.25, -0.2) is 0 Å². The predicted molar refractivity (Wildman–Crippen MR) is 85.5 cm³/mol. The quantitative estimate of drug-likeness (QED) is 0.828. The summed E-state index contributed by atoms with van der Waals surface area (Å²) in [6.07, 6.45) is 9.82. The largest absolute Gasteiger partial charge is 0.385 e. The Morgan fingerprint density at radius 1 is 1.00 bits per heavy atom. The maximum Gasteiger partial charge on any atom is 0.0393 e. The lowest BCUT2D eigenvalue weighted by atomic mass is 9.75. The van der Waals surface area contributed by atoms with Gasteiger partial charge in [0.05, 0.1) is 0 Å². The lowest BCUT2D eigenvalue weighted by Crippen LogP contribution is -2.41. The van der Waals surface area contributed by atoms with Gasteiger partial charge in [0.15, 0.2) is 0 Å². The van der Waals surface area contributed by atoms with Crippen molar-refractivity contribution < 1.29 is 0 Å². The minimum absolute atomic E-state index is 0.960. The van der Waals surface area contributed by atoms with Crippen molar-refractivity contribution in [1.29, 1.82) is 0 Å². The highest BCUT2D eigenvalue weighted by Crippen LogP contribution is 2.38. The van der Waals surface area contributed by atoms with Crippen LogP contribution in [-0.4, -0.2) is 19.6 Å². The minimum atomic E-state index is 0.960. The molecule has 2 aliphatic heterocycles. The molecule has 20 heavy (non-hydrogen) atoms. The molecular formula is C18H26N2. The number of aryl methyl sites for hydroxylation is 1. The first kappa shape index (κ1) is 12.6. The lowest BCUT2D eigenvalue weighted by Gasteiger charge is -2.42. The highest BCUT2D eigenvalue weighted by molar-refractivity contribution is 5.63. The van der Waals surface area contributed by atoms with Crippen molar-refractivity contribution in [3.8, 4) is 0 Å². The number of nitrogens with one attached hydrogen (secondary N) is 1. The third-order valence-electron chi connectivity index (χ3n) is 5.69. The maximum absolute atomic E-state index is 3.57. The van der Waals surface area contributed by atoms with Crippen LogP contribution in [0.3, 0.4) is 0 Å². The Labute approximate surface area is 122 Å². The average Bonchev–Trinajstić information content (AvgIpc) is 2.54. The van der Waals surface area contributed by atoms with Crippen molar-refractivity contribution in [2.24, 2.45) is 11.8 Å². The molecule has 0 aromatic heterocycles. The summed E-state index contributed by atoms with van der Waals surface area (Å²) in [7, 11) is 0. The first-order chi connectivity index (χ1) is 9.90. The fourth-order valence-corrected chi connectivity index (χ4v) is 4.48. The molecule has 2 heteroatoms. The monoisotopic (exact) mass is 270 g/mol. The molecule has 1 N–H and O–H groups in total. The van der Waals surface area contributed by atoms with Crippen molar-refractivity contribution in [2.75, 3.05) is 29.9 Å². The number of fused-ring (bicyclic) bond motifs is 2. The van der Waals surface area contributed by atoms with E-state index < -0.39 is 0 Å². The van der Waals surface area contributed by atoms with E-state index in [1.54, 1.807) is 0 Å². The van der Waals surface area contributed by atoms with E-state index in [-0.39, 0.29) is 0 Å². The summed E-state index contributed by atoms with van der Waals surface area (Å²) < 4.78 is 0. The van der Waals surface area contributed by atoms with Gasteiger partial charge in [-0.3, -0.25) is 0 Å². The van der Waals surface area contributed by atoms with Crippen LogP contribution in [0.5, 0.6) is 0 Å². The average molecular weight is 270 g/mol. The van der Waals surface area contributed by atoms with Gasteiger partial charge < -0.3 is 10.2 Å². The summed E-state index contributed by atoms with van der Waals surface area (Å²) in [6.45, 7) is 3.70. The first-order valence-electron chi connectivity index (χ1n) is 8.52. The molecule has 2 heterocycles. The summed E-state index contributed by atoms with van der Waals surface area (Å²) in [5, 5.41) is 3.57. The molecule has 0 radical (unpaired) electrons. The van der Waals surface area contributed by atoms with Crippen molar-refractivity contribution in [1.82, 2.24) is 0 Å². The molecule has 2 fully saturated rings. The second-order valence-corrected chi connectivity index (χ2v) is 6.91. The Hall–Kier alpha value is -1.18.